The molecule has 2 aromatic rings. The van der Waals surface area contributed by atoms with E-state index in [1.165, 1.54) is 16.0 Å². The minimum atomic E-state index is -1.11. The summed E-state index contributed by atoms with van der Waals surface area (Å²) >= 11 is 0. The molecule has 1 aromatic heterocycles. The van der Waals surface area contributed by atoms with Gasteiger partial charge in [0.05, 0.1) is 26.2 Å². The molecule has 0 aliphatic carbocycles. The second kappa shape index (κ2) is 13.7. The number of aliphatic imine (C=N–C) groups is 1. The summed E-state index contributed by atoms with van der Waals surface area (Å²) in [5.41, 5.74) is 0.743. The Morgan fingerprint density at radius 1 is 1.05 bits per heavy atom. The number of rotatable bonds is 10. The first-order chi connectivity index (χ1) is 19.7. The first-order valence-corrected chi connectivity index (χ1v) is 13.4. The lowest BCUT2D eigenvalue weighted by Crippen LogP contribution is -2.55. The van der Waals surface area contributed by atoms with Crippen molar-refractivity contribution >= 4 is 35.6 Å². The number of amidine groups is 1. The quantitative estimate of drug-likeness (QED) is 0.400. The number of hydroxylamine groups is 2. The molecule has 41 heavy (non-hydrogen) atoms. The van der Waals surface area contributed by atoms with Crippen molar-refractivity contribution in [3.05, 3.63) is 42.1 Å². The lowest BCUT2D eigenvalue weighted by atomic mass is 10.1. The summed E-state index contributed by atoms with van der Waals surface area (Å²) in [4.78, 5) is 71.9. The predicted octanol–water partition coefficient (Wildman–Crippen LogP) is 1.58. The Labute approximate surface area is 236 Å². The van der Waals surface area contributed by atoms with E-state index >= 15 is 0 Å². The number of benzene rings is 1. The zero-order valence-corrected chi connectivity index (χ0v) is 23.0. The molecule has 4 rings (SSSR count). The van der Waals surface area contributed by atoms with Crippen LogP contribution in [0, 0.1) is 0 Å². The number of amides is 2. The summed E-state index contributed by atoms with van der Waals surface area (Å²) in [5.74, 6) is -0.574. The van der Waals surface area contributed by atoms with Crippen LogP contribution in [0.1, 0.15) is 37.2 Å². The lowest BCUT2D eigenvalue weighted by molar-refractivity contribution is -0.157. The number of carbonyl (C=O) groups excluding carboxylic acids is 3. The van der Waals surface area contributed by atoms with Crippen LogP contribution in [0.25, 0.3) is 11.4 Å². The molecule has 2 amide bonds. The Balaban J connectivity index is 1.52. The normalized spacial score (nSPS) is 16.1. The highest BCUT2D eigenvalue weighted by atomic mass is 16.8. The van der Waals surface area contributed by atoms with Gasteiger partial charge in [0.2, 0.25) is 5.91 Å². The number of aliphatic carboxylic acids is 1. The zero-order chi connectivity index (χ0) is 29.4. The highest BCUT2D eigenvalue weighted by Gasteiger charge is 2.31. The fourth-order valence-electron chi connectivity index (χ4n) is 4.47. The highest BCUT2D eigenvalue weighted by Crippen LogP contribution is 2.22. The van der Waals surface area contributed by atoms with Gasteiger partial charge in [-0.05, 0) is 20.3 Å². The largest absolute Gasteiger partial charge is 0.527 e. The summed E-state index contributed by atoms with van der Waals surface area (Å²) in [6, 6.07) is 9.63. The molecule has 14 heteroatoms. The van der Waals surface area contributed by atoms with Crippen LogP contribution in [0.15, 0.2) is 41.4 Å². The number of hydrogen-bond donors (Lipinski definition) is 2. The number of carbonyl (C=O) groups is 4. The topological polar surface area (TPSA) is 167 Å². The van der Waals surface area contributed by atoms with Crippen molar-refractivity contribution in [2.45, 2.75) is 32.7 Å². The monoisotopic (exact) mass is 567 g/mol. The average molecular weight is 568 g/mol. The number of carboxylic acids is 1. The Morgan fingerprint density at radius 2 is 1.78 bits per heavy atom. The van der Waals surface area contributed by atoms with E-state index in [0.29, 0.717) is 30.3 Å². The molecule has 0 spiro atoms. The van der Waals surface area contributed by atoms with Gasteiger partial charge in [0, 0.05) is 37.7 Å². The van der Waals surface area contributed by atoms with Gasteiger partial charge in [0.1, 0.15) is 23.4 Å². The predicted molar refractivity (Wildman–Crippen MR) is 147 cm³/mol. The third-order valence-corrected chi connectivity index (χ3v) is 6.58. The maximum atomic E-state index is 13.5. The van der Waals surface area contributed by atoms with Crippen molar-refractivity contribution in [2.75, 3.05) is 50.8 Å². The van der Waals surface area contributed by atoms with E-state index < -0.39 is 30.0 Å². The molecule has 1 aromatic carbocycles. The Bertz CT molecular complexity index is 1300. The molecule has 1 saturated heterocycles. The Morgan fingerprint density at radius 3 is 2.41 bits per heavy atom. The van der Waals surface area contributed by atoms with Crippen LogP contribution in [0.3, 0.4) is 0 Å². The molecule has 0 saturated carbocycles. The number of piperazine rings is 1. The summed E-state index contributed by atoms with van der Waals surface area (Å²) in [6.45, 7) is 5.78. The molecule has 2 aliphatic heterocycles. The second-order valence-electron chi connectivity index (χ2n) is 9.37. The number of nitrogens with zero attached hydrogens (tertiary/aromatic N) is 6. The Hall–Kier alpha value is -4.59. The number of carboxylic acid groups (broad SMARTS) is 1. The van der Waals surface area contributed by atoms with Crippen LogP contribution in [0.2, 0.25) is 0 Å². The zero-order valence-electron chi connectivity index (χ0n) is 23.0. The van der Waals surface area contributed by atoms with Crippen LogP contribution in [0.4, 0.5) is 10.6 Å². The Kier molecular flexibility index (Phi) is 9.79. The van der Waals surface area contributed by atoms with Crippen molar-refractivity contribution < 1.29 is 33.9 Å². The van der Waals surface area contributed by atoms with Gasteiger partial charge in [0.15, 0.2) is 5.82 Å². The van der Waals surface area contributed by atoms with E-state index in [4.69, 9.17) is 9.57 Å². The molecule has 0 bridgehead atoms. The van der Waals surface area contributed by atoms with Crippen LogP contribution in [0.5, 0.6) is 0 Å². The molecule has 2 N–H and O–H groups in total. The first-order valence-electron chi connectivity index (χ1n) is 13.4. The van der Waals surface area contributed by atoms with Crippen molar-refractivity contribution in [3.63, 3.8) is 0 Å². The SMILES string of the molecule is CCOC(=O)ON1CCN(C(=O)[C@H](CCC(=O)O)NC(=O)c2cc(N3CCN=C3C)nc(-c3ccccc3)n2)CC1. The third-order valence-electron chi connectivity index (χ3n) is 6.58. The van der Waals surface area contributed by atoms with Gasteiger partial charge in [-0.25, -0.2) is 14.8 Å². The van der Waals surface area contributed by atoms with Gasteiger partial charge in [-0.1, -0.05) is 30.3 Å². The van der Waals surface area contributed by atoms with Crippen LogP contribution in [-0.4, -0.2) is 107 Å². The van der Waals surface area contributed by atoms with E-state index in [-0.39, 0.29) is 51.3 Å². The number of ether oxygens (including phenoxy) is 1. The second-order valence-corrected chi connectivity index (χ2v) is 9.37. The molecule has 218 valence electrons. The van der Waals surface area contributed by atoms with Crippen molar-refractivity contribution in [3.8, 4) is 11.4 Å². The summed E-state index contributed by atoms with van der Waals surface area (Å²) in [6.07, 6.45) is -1.26. The maximum absolute atomic E-state index is 13.5. The van der Waals surface area contributed by atoms with E-state index in [0.717, 1.165) is 5.84 Å². The highest BCUT2D eigenvalue weighted by molar-refractivity contribution is 6.00. The van der Waals surface area contributed by atoms with Gasteiger partial charge in [-0.2, -0.15) is 0 Å². The lowest BCUT2D eigenvalue weighted by Gasteiger charge is -2.35. The molecule has 3 heterocycles. The molecule has 0 unspecified atom stereocenters. The molecular formula is C27H33N7O7. The van der Waals surface area contributed by atoms with E-state index in [1.54, 1.807) is 6.92 Å². The fourth-order valence-corrected chi connectivity index (χ4v) is 4.47. The molecular weight excluding hydrogens is 534 g/mol. The summed E-state index contributed by atoms with van der Waals surface area (Å²) < 4.78 is 4.77. The van der Waals surface area contributed by atoms with E-state index in [1.807, 2.05) is 42.2 Å². The van der Waals surface area contributed by atoms with Gasteiger partial charge in [0.25, 0.3) is 5.91 Å². The maximum Gasteiger partial charge on any atom is 0.527 e. The van der Waals surface area contributed by atoms with Gasteiger partial charge in [-0.3, -0.25) is 19.4 Å². The van der Waals surface area contributed by atoms with Crippen molar-refractivity contribution in [2.24, 2.45) is 4.99 Å². The minimum absolute atomic E-state index is 0.0364. The van der Waals surface area contributed by atoms with Gasteiger partial charge >= 0.3 is 12.1 Å². The first kappa shape index (κ1) is 29.4. The number of hydrogen-bond acceptors (Lipinski definition) is 11. The minimum Gasteiger partial charge on any atom is -0.481 e. The number of aromatic nitrogens is 2. The molecule has 14 nitrogen and oxygen atoms in total. The molecule has 0 radical (unpaired) electrons. The third kappa shape index (κ3) is 7.75. The van der Waals surface area contributed by atoms with Gasteiger partial charge in [-0.15, -0.1) is 5.06 Å². The van der Waals surface area contributed by atoms with Gasteiger partial charge < -0.3 is 29.8 Å². The average Bonchev–Trinajstić information content (AvgIpc) is 3.41. The fraction of sp³-hybridized carbons (Fsp3) is 0.444. The number of anilines is 1. The molecule has 1 atom stereocenters. The number of nitrogens with one attached hydrogen (secondary N) is 1. The van der Waals surface area contributed by atoms with Crippen molar-refractivity contribution in [1.29, 1.82) is 0 Å². The van der Waals surface area contributed by atoms with Crippen molar-refractivity contribution in [1.82, 2.24) is 25.2 Å². The molecule has 1 fully saturated rings. The van der Waals surface area contributed by atoms with Crippen LogP contribution in [-0.2, 0) is 19.2 Å². The van der Waals surface area contributed by atoms with Crippen LogP contribution >= 0.6 is 0 Å². The smallest absolute Gasteiger partial charge is 0.481 e. The molecule has 2 aliphatic rings. The standard InChI is InChI=1S/C27H33N7O7/c1-3-40-27(39)41-33-15-13-32(14-16-33)26(38)20(9-10-23(35)36)30-25(37)21-17-22(34-12-11-28-18(34)2)31-24(29-21)19-7-5-4-6-8-19/h4-8,17,20H,3,9-16H2,1-2H3,(H,30,37)(H,35,36)/t20-/m0/s1. The van der Waals surface area contributed by atoms with Crippen LogP contribution < -0.4 is 10.2 Å². The van der Waals surface area contributed by atoms with E-state index in [2.05, 4.69) is 20.3 Å². The van der Waals surface area contributed by atoms with E-state index in [9.17, 15) is 24.3 Å². The summed E-state index contributed by atoms with van der Waals surface area (Å²) in [7, 11) is 0. The summed E-state index contributed by atoms with van der Waals surface area (Å²) in [5, 5.41) is 13.4.